The Morgan fingerprint density at radius 2 is 1.77 bits per heavy atom. The summed E-state index contributed by atoms with van der Waals surface area (Å²) in [6.07, 6.45) is 4.31. The molecule has 1 aliphatic carbocycles. The average Bonchev–Trinajstić information content (AvgIpc) is 3.66. The molecule has 1 aromatic heterocycles. The zero-order valence-electron chi connectivity index (χ0n) is 22.6. The van der Waals surface area contributed by atoms with Gasteiger partial charge < -0.3 is 20.2 Å². The van der Waals surface area contributed by atoms with Crippen LogP contribution in [0.2, 0.25) is 0 Å². The molecule has 2 aliphatic heterocycles. The summed E-state index contributed by atoms with van der Waals surface area (Å²) in [5, 5.41) is 14.0. The molecule has 9 heteroatoms. The summed E-state index contributed by atoms with van der Waals surface area (Å²) in [4.78, 5) is 58.1. The number of rotatable bonds is 7. The van der Waals surface area contributed by atoms with Crippen LogP contribution in [0.1, 0.15) is 68.5 Å². The predicted octanol–water partition coefficient (Wildman–Crippen LogP) is 3.64. The molecule has 3 unspecified atom stereocenters. The molecule has 1 aromatic carbocycles. The summed E-state index contributed by atoms with van der Waals surface area (Å²) < 4.78 is 0. The summed E-state index contributed by atoms with van der Waals surface area (Å²) in [5.74, 6) is -1.02. The summed E-state index contributed by atoms with van der Waals surface area (Å²) in [6, 6.07) is 11.6. The monoisotopic (exact) mass is 551 g/mol. The molecule has 5 rings (SSSR count). The van der Waals surface area contributed by atoms with Gasteiger partial charge in [0.1, 0.15) is 17.7 Å². The van der Waals surface area contributed by atoms with Crippen molar-refractivity contribution in [3.05, 3.63) is 47.3 Å². The Hall–Kier alpha value is -3.04. The average molecular weight is 552 g/mol. The Bertz CT molecular complexity index is 1240. The third-order valence-corrected chi connectivity index (χ3v) is 9.38. The predicted molar refractivity (Wildman–Crippen MR) is 149 cm³/mol. The maximum absolute atomic E-state index is 13.8. The first-order chi connectivity index (χ1) is 18.7. The van der Waals surface area contributed by atoms with E-state index in [1.807, 2.05) is 50.2 Å². The molecule has 3 heterocycles. The zero-order chi connectivity index (χ0) is 27.7. The van der Waals surface area contributed by atoms with Crippen LogP contribution in [0, 0.1) is 5.92 Å². The van der Waals surface area contributed by atoms with Crippen LogP contribution in [0.4, 0.5) is 0 Å². The number of thiophene rings is 1. The molecule has 0 radical (unpaired) electrons. The highest BCUT2D eigenvalue weighted by Crippen LogP contribution is 2.36. The number of carbonyl (C=O) groups excluding carboxylic acids is 4. The molecule has 3 fully saturated rings. The van der Waals surface area contributed by atoms with Gasteiger partial charge in [0.2, 0.25) is 5.91 Å². The van der Waals surface area contributed by atoms with Crippen molar-refractivity contribution in [2.45, 2.75) is 82.5 Å². The smallest absolute Gasteiger partial charge is 0.262 e. The Morgan fingerprint density at radius 1 is 1.05 bits per heavy atom. The van der Waals surface area contributed by atoms with Crippen LogP contribution in [0.15, 0.2) is 42.5 Å². The topological polar surface area (TPSA) is 107 Å². The zero-order valence-corrected chi connectivity index (χ0v) is 23.4. The number of carbonyl (C=O) groups is 4. The van der Waals surface area contributed by atoms with Crippen LogP contribution < -0.4 is 5.32 Å². The molecule has 3 amide bonds. The first kappa shape index (κ1) is 27.5. The number of aliphatic hydroxyl groups is 1. The minimum absolute atomic E-state index is 0.0844. The number of nitrogens with zero attached hydrogens (tertiary/aromatic N) is 2. The molecule has 2 N–H and O–H groups in total. The van der Waals surface area contributed by atoms with Crippen molar-refractivity contribution in [3.63, 3.8) is 0 Å². The van der Waals surface area contributed by atoms with Gasteiger partial charge in [-0.1, -0.05) is 63.4 Å². The van der Waals surface area contributed by atoms with Crippen molar-refractivity contribution in [3.8, 4) is 10.4 Å². The van der Waals surface area contributed by atoms with Gasteiger partial charge >= 0.3 is 0 Å². The first-order valence-electron chi connectivity index (χ1n) is 14.0. The molecule has 3 atom stereocenters. The van der Waals surface area contributed by atoms with E-state index in [9.17, 15) is 24.3 Å². The van der Waals surface area contributed by atoms with Crippen molar-refractivity contribution < 1.29 is 24.3 Å². The molecule has 2 saturated heterocycles. The normalized spacial score (nSPS) is 23.1. The third kappa shape index (κ3) is 5.52. The number of ketones is 1. The third-order valence-electron chi connectivity index (χ3n) is 8.24. The van der Waals surface area contributed by atoms with Crippen LogP contribution in [-0.4, -0.2) is 75.2 Å². The van der Waals surface area contributed by atoms with E-state index in [1.54, 1.807) is 11.0 Å². The van der Waals surface area contributed by atoms with E-state index >= 15 is 0 Å². The number of Topliss-reactive ketones (excluding diaryl/α,β-unsaturated/α-hetero) is 1. The molecular weight excluding hydrogens is 514 g/mol. The number of hydrogen-bond donors (Lipinski definition) is 2. The molecule has 1 saturated carbocycles. The standard InChI is InChI=1S/C30H37N3O5S/c1-19(2)17-21(31-27(35)25-12-11-24(39-25)20-9-5-3-6-10-20)28(36)32-16-13-22-26(32)23(34)18-33(22)29(37)30(38)14-7-4-8-15-30/h3,5-6,9-12,19,21-22,26,38H,4,7-8,13-18H2,1-2H3,(H,31,35). The maximum atomic E-state index is 13.8. The summed E-state index contributed by atoms with van der Waals surface area (Å²) >= 11 is 1.37. The van der Waals surface area contributed by atoms with Crippen molar-refractivity contribution in [2.75, 3.05) is 13.1 Å². The van der Waals surface area contributed by atoms with Gasteiger partial charge in [-0.05, 0) is 49.3 Å². The molecule has 0 spiro atoms. The number of benzene rings is 1. The molecule has 208 valence electrons. The van der Waals surface area contributed by atoms with Gasteiger partial charge in [-0.15, -0.1) is 11.3 Å². The number of likely N-dealkylation sites (tertiary alicyclic amines) is 2. The minimum atomic E-state index is -1.42. The molecular formula is C30H37N3O5S. The van der Waals surface area contributed by atoms with E-state index in [2.05, 4.69) is 5.32 Å². The largest absolute Gasteiger partial charge is 0.380 e. The second-order valence-electron chi connectivity index (χ2n) is 11.5. The lowest BCUT2D eigenvalue weighted by molar-refractivity contribution is -0.156. The number of amides is 3. The van der Waals surface area contributed by atoms with Crippen LogP contribution in [0.25, 0.3) is 10.4 Å². The molecule has 8 nitrogen and oxygen atoms in total. The van der Waals surface area contributed by atoms with E-state index in [1.165, 1.54) is 16.2 Å². The Kier molecular flexibility index (Phi) is 7.91. The number of nitrogens with one attached hydrogen (secondary N) is 1. The highest BCUT2D eigenvalue weighted by atomic mass is 32.1. The summed E-state index contributed by atoms with van der Waals surface area (Å²) in [7, 11) is 0. The SMILES string of the molecule is CC(C)CC(NC(=O)c1ccc(-c2ccccc2)s1)C(=O)N1CCC2C1C(=O)CN2C(=O)C1(O)CCCCC1. The second-order valence-corrected chi connectivity index (χ2v) is 12.6. The summed E-state index contributed by atoms with van der Waals surface area (Å²) in [5.41, 5.74) is -0.394. The maximum Gasteiger partial charge on any atom is 0.262 e. The van der Waals surface area contributed by atoms with Crippen molar-refractivity contribution in [2.24, 2.45) is 5.92 Å². The molecule has 2 aromatic rings. The number of hydrogen-bond acceptors (Lipinski definition) is 6. The van der Waals surface area contributed by atoms with Crippen LogP contribution >= 0.6 is 11.3 Å². The van der Waals surface area contributed by atoms with Crippen LogP contribution in [0.3, 0.4) is 0 Å². The minimum Gasteiger partial charge on any atom is -0.380 e. The molecule has 0 bridgehead atoms. The van der Waals surface area contributed by atoms with E-state index < -0.39 is 23.7 Å². The van der Waals surface area contributed by atoms with E-state index in [-0.39, 0.29) is 36.0 Å². The first-order valence-corrected chi connectivity index (χ1v) is 14.8. The van der Waals surface area contributed by atoms with E-state index in [0.717, 1.165) is 29.7 Å². The molecule has 39 heavy (non-hydrogen) atoms. The fourth-order valence-electron chi connectivity index (χ4n) is 6.30. The van der Waals surface area contributed by atoms with Crippen molar-refractivity contribution in [1.82, 2.24) is 15.1 Å². The van der Waals surface area contributed by atoms with E-state index in [0.29, 0.717) is 37.1 Å². The van der Waals surface area contributed by atoms with Crippen LogP contribution in [-0.2, 0) is 14.4 Å². The fraction of sp³-hybridized carbons (Fsp3) is 0.533. The fourth-order valence-corrected chi connectivity index (χ4v) is 7.21. The highest BCUT2D eigenvalue weighted by molar-refractivity contribution is 7.17. The van der Waals surface area contributed by atoms with Crippen LogP contribution in [0.5, 0.6) is 0 Å². The van der Waals surface area contributed by atoms with Gasteiger partial charge in [-0.25, -0.2) is 0 Å². The Balaban J connectivity index is 1.30. The Morgan fingerprint density at radius 3 is 2.46 bits per heavy atom. The molecule has 3 aliphatic rings. The second kappa shape index (κ2) is 11.2. The van der Waals surface area contributed by atoms with Gasteiger partial charge in [-0.3, -0.25) is 19.2 Å². The van der Waals surface area contributed by atoms with Gasteiger partial charge in [0.25, 0.3) is 11.8 Å². The van der Waals surface area contributed by atoms with Crippen molar-refractivity contribution in [1.29, 1.82) is 0 Å². The van der Waals surface area contributed by atoms with Crippen molar-refractivity contribution >= 4 is 34.8 Å². The van der Waals surface area contributed by atoms with Gasteiger partial charge in [0.05, 0.1) is 17.5 Å². The quantitative estimate of drug-likeness (QED) is 0.547. The van der Waals surface area contributed by atoms with Gasteiger partial charge in [-0.2, -0.15) is 0 Å². The van der Waals surface area contributed by atoms with Gasteiger partial charge in [0, 0.05) is 11.4 Å². The lowest BCUT2D eigenvalue weighted by atomic mass is 9.83. The lowest BCUT2D eigenvalue weighted by Gasteiger charge is -2.36. The highest BCUT2D eigenvalue weighted by Gasteiger charge is 2.55. The van der Waals surface area contributed by atoms with Gasteiger partial charge in [0.15, 0.2) is 5.78 Å². The number of fused-ring (bicyclic) bond motifs is 1. The van der Waals surface area contributed by atoms with E-state index in [4.69, 9.17) is 0 Å². The lowest BCUT2D eigenvalue weighted by Crippen LogP contribution is -2.54. The Labute approximate surface area is 233 Å². The summed E-state index contributed by atoms with van der Waals surface area (Å²) in [6.45, 7) is 4.23.